The molecule has 4 heteroatoms. The SMILES string of the molecule is C#CC(CCC)NCC(O)CN1CCOCC1. The van der Waals surface area contributed by atoms with E-state index in [0.29, 0.717) is 13.1 Å². The summed E-state index contributed by atoms with van der Waals surface area (Å²) in [5.41, 5.74) is 0. The maximum absolute atomic E-state index is 9.90. The maximum Gasteiger partial charge on any atom is 0.0791 e. The first kappa shape index (κ1) is 14.5. The Hall–Kier alpha value is -0.600. The molecule has 1 aliphatic heterocycles. The van der Waals surface area contributed by atoms with E-state index in [4.69, 9.17) is 11.2 Å². The van der Waals surface area contributed by atoms with Crippen molar-refractivity contribution in [3.05, 3.63) is 0 Å². The van der Waals surface area contributed by atoms with E-state index in [9.17, 15) is 5.11 Å². The van der Waals surface area contributed by atoms with Crippen molar-refractivity contribution in [2.45, 2.75) is 31.9 Å². The number of terminal acetylenes is 1. The lowest BCUT2D eigenvalue weighted by molar-refractivity contribution is 0.0147. The Bertz CT molecular complexity index is 234. The smallest absolute Gasteiger partial charge is 0.0791 e. The maximum atomic E-state index is 9.90. The summed E-state index contributed by atoms with van der Waals surface area (Å²) in [4.78, 5) is 2.22. The zero-order chi connectivity index (χ0) is 12.5. The molecule has 0 aromatic carbocycles. The molecule has 0 bridgehead atoms. The average molecular weight is 240 g/mol. The number of aliphatic hydroxyl groups excluding tert-OH is 1. The van der Waals surface area contributed by atoms with Gasteiger partial charge in [0.25, 0.3) is 0 Å². The second kappa shape index (κ2) is 8.48. The number of aliphatic hydroxyl groups is 1. The zero-order valence-electron chi connectivity index (χ0n) is 10.7. The lowest BCUT2D eigenvalue weighted by Gasteiger charge is -2.29. The third kappa shape index (κ3) is 6.04. The molecule has 1 fully saturated rings. The minimum Gasteiger partial charge on any atom is -0.390 e. The van der Waals surface area contributed by atoms with E-state index in [0.717, 1.165) is 39.1 Å². The summed E-state index contributed by atoms with van der Waals surface area (Å²) in [7, 11) is 0. The highest BCUT2D eigenvalue weighted by Crippen LogP contribution is 1.99. The molecular formula is C13H24N2O2. The minimum absolute atomic E-state index is 0.0827. The van der Waals surface area contributed by atoms with Gasteiger partial charge in [-0.3, -0.25) is 4.90 Å². The molecule has 0 aliphatic carbocycles. The molecular weight excluding hydrogens is 216 g/mol. The number of nitrogens with zero attached hydrogens (tertiary/aromatic N) is 1. The summed E-state index contributed by atoms with van der Waals surface area (Å²) in [5.74, 6) is 2.71. The van der Waals surface area contributed by atoms with Crippen molar-refractivity contribution in [1.82, 2.24) is 10.2 Å². The van der Waals surface area contributed by atoms with Crippen molar-refractivity contribution in [3.63, 3.8) is 0 Å². The van der Waals surface area contributed by atoms with E-state index in [1.54, 1.807) is 0 Å². The molecule has 0 aromatic heterocycles. The van der Waals surface area contributed by atoms with Gasteiger partial charge in [0.15, 0.2) is 0 Å². The predicted octanol–water partition coefficient (Wildman–Crippen LogP) is 0.0710. The van der Waals surface area contributed by atoms with E-state index in [1.807, 2.05) is 0 Å². The fraction of sp³-hybridized carbons (Fsp3) is 0.846. The highest BCUT2D eigenvalue weighted by Gasteiger charge is 2.15. The summed E-state index contributed by atoms with van der Waals surface area (Å²) < 4.78 is 5.26. The van der Waals surface area contributed by atoms with Crippen LogP contribution in [0.1, 0.15) is 19.8 Å². The standard InChI is InChI=1S/C13H24N2O2/c1-3-5-12(4-2)14-10-13(16)11-15-6-8-17-9-7-15/h2,12-14,16H,3,5-11H2,1H3. The van der Waals surface area contributed by atoms with Gasteiger partial charge < -0.3 is 15.2 Å². The molecule has 1 rings (SSSR count). The van der Waals surface area contributed by atoms with Gasteiger partial charge in [0.05, 0.1) is 25.4 Å². The zero-order valence-corrected chi connectivity index (χ0v) is 10.7. The summed E-state index contributed by atoms with van der Waals surface area (Å²) >= 11 is 0. The quantitative estimate of drug-likeness (QED) is 0.618. The number of β-amino-alcohol motifs (C(OH)–C–C–N with tert-alkyl or cyclic N) is 1. The third-order valence-corrected chi connectivity index (χ3v) is 2.95. The van der Waals surface area contributed by atoms with E-state index >= 15 is 0 Å². The molecule has 0 radical (unpaired) electrons. The van der Waals surface area contributed by atoms with Crippen LogP contribution in [0.2, 0.25) is 0 Å². The van der Waals surface area contributed by atoms with E-state index in [2.05, 4.69) is 23.1 Å². The van der Waals surface area contributed by atoms with Gasteiger partial charge in [-0.2, -0.15) is 0 Å². The first-order valence-electron chi connectivity index (χ1n) is 6.44. The Labute approximate surface area is 104 Å². The molecule has 2 unspecified atom stereocenters. The summed E-state index contributed by atoms with van der Waals surface area (Å²) in [6.07, 6.45) is 7.06. The van der Waals surface area contributed by atoms with Crippen LogP contribution in [0.25, 0.3) is 0 Å². The van der Waals surface area contributed by atoms with Crippen molar-refractivity contribution in [1.29, 1.82) is 0 Å². The Kier molecular flexibility index (Phi) is 7.22. The normalized spacial score (nSPS) is 20.8. The van der Waals surface area contributed by atoms with Crippen LogP contribution in [0, 0.1) is 12.3 Å². The molecule has 1 saturated heterocycles. The number of ether oxygens (including phenoxy) is 1. The molecule has 4 nitrogen and oxygen atoms in total. The van der Waals surface area contributed by atoms with Crippen LogP contribution in [0.15, 0.2) is 0 Å². The fourth-order valence-electron chi connectivity index (χ4n) is 1.96. The second-order valence-electron chi connectivity index (χ2n) is 4.48. The van der Waals surface area contributed by atoms with Gasteiger partial charge in [-0.15, -0.1) is 6.42 Å². The molecule has 2 N–H and O–H groups in total. The highest BCUT2D eigenvalue weighted by molar-refractivity contribution is 4.98. The fourth-order valence-corrected chi connectivity index (χ4v) is 1.96. The number of hydrogen-bond donors (Lipinski definition) is 2. The van der Waals surface area contributed by atoms with E-state index in [1.165, 1.54) is 0 Å². The monoisotopic (exact) mass is 240 g/mol. The average Bonchev–Trinajstić information content (AvgIpc) is 2.35. The summed E-state index contributed by atoms with van der Waals surface area (Å²) in [5, 5.41) is 13.1. The van der Waals surface area contributed by atoms with Gasteiger partial charge in [0.1, 0.15) is 0 Å². The topological polar surface area (TPSA) is 44.7 Å². The van der Waals surface area contributed by atoms with Crippen LogP contribution < -0.4 is 5.32 Å². The Morgan fingerprint density at radius 3 is 2.76 bits per heavy atom. The van der Waals surface area contributed by atoms with Crippen molar-refractivity contribution < 1.29 is 9.84 Å². The first-order valence-corrected chi connectivity index (χ1v) is 6.44. The number of rotatable bonds is 7. The van der Waals surface area contributed by atoms with Crippen molar-refractivity contribution in [2.75, 3.05) is 39.4 Å². The minimum atomic E-state index is -0.360. The Morgan fingerprint density at radius 2 is 2.18 bits per heavy atom. The van der Waals surface area contributed by atoms with E-state index < -0.39 is 0 Å². The lowest BCUT2D eigenvalue weighted by Crippen LogP contribution is -2.45. The third-order valence-electron chi connectivity index (χ3n) is 2.95. The van der Waals surface area contributed by atoms with Crippen LogP contribution in [-0.4, -0.2) is 61.5 Å². The van der Waals surface area contributed by atoms with Crippen LogP contribution in [0.3, 0.4) is 0 Å². The number of hydrogen-bond acceptors (Lipinski definition) is 4. The highest BCUT2D eigenvalue weighted by atomic mass is 16.5. The van der Waals surface area contributed by atoms with Crippen molar-refractivity contribution >= 4 is 0 Å². The van der Waals surface area contributed by atoms with Gasteiger partial charge in [0.2, 0.25) is 0 Å². The molecule has 1 heterocycles. The van der Waals surface area contributed by atoms with Gasteiger partial charge in [-0.1, -0.05) is 19.3 Å². The van der Waals surface area contributed by atoms with Crippen LogP contribution >= 0.6 is 0 Å². The van der Waals surface area contributed by atoms with Gasteiger partial charge in [0, 0.05) is 26.2 Å². The molecule has 0 aromatic rings. The molecule has 2 atom stereocenters. The summed E-state index contributed by atoms with van der Waals surface area (Å²) in [6, 6.07) is 0.0827. The second-order valence-corrected chi connectivity index (χ2v) is 4.48. The Morgan fingerprint density at radius 1 is 1.47 bits per heavy atom. The first-order chi connectivity index (χ1) is 8.26. The predicted molar refractivity (Wildman–Crippen MR) is 68.8 cm³/mol. The number of morpholine rings is 1. The van der Waals surface area contributed by atoms with Crippen LogP contribution in [-0.2, 0) is 4.74 Å². The van der Waals surface area contributed by atoms with E-state index in [-0.39, 0.29) is 12.1 Å². The molecule has 1 aliphatic rings. The molecule has 0 amide bonds. The van der Waals surface area contributed by atoms with Gasteiger partial charge >= 0.3 is 0 Å². The number of nitrogens with one attached hydrogen (secondary N) is 1. The van der Waals surface area contributed by atoms with Gasteiger partial charge in [-0.25, -0.2) is 0 Å². The van der Waals surface area contributed by atoms with Crippen LogP contribution in [0.5, 0.6) is 0 Å². The van der Waals surface area contributed by atoms with Crippen LogP contribution in [0.4, 0.5) is 0 Å². The molecule has 17 heavy (non-hydrogen) atoms. The summed E-state index contributed by atoms with van der Waals surface area (Å²) in [6.45, 7) is 6.71. The molecule has 0 saturated carbocycles. The van der Waals surface area contributed by atoms with Gasteiger partial charge in [-0.05, 0) is 6.42 Å². The van der Waals surface area contributed by atoms with Crippen molar-refractivity contribution in [2.24, 2.45) is 0 Å². The lowest BCUT2D eigenvalue weighted by atomic mass is 10.1. The van der Waals surface area contributed by atoms with Crippen molar-refractivity contribution in [3.8, 4) is 12.3 Å². The Balaban J connectivity index is 2.15. The largest absolute Gasteiger partial charge is 0.390 e. The molecule has 0 spiro atoms. The molecule has 98 valence electrons.